The molecule has 2 fully saturated rings. The molecule has 3 heterocycles. The number of aromatic nitrogens is 1. The Hall–Kier alpha value is -1.46. The Morgan fingerprint density at radius 1 is 1.23 bits per heavy atom. The van der Waals surface area contributed by atoms with Crippen LogP contribution in [0.4, 0.5) is 0 Å². The first kappa shape index (κ1) is 17.9. The highest BCUT2D eigenvalue weighted by Crippen LogP contribution is 2.28. The third kappa shape index (κ3) is 3.65. The minimum Gasteiger partial charge on any atom is -0.335 e. The molecular formula is C21H30N3OS+. The van der Waals surface area contributed by atoms with Gasteiger partial charge in [0.25, 0.3) is 5.91 Å². The van der Waals surface area contributed by atoms with E-state index in [2.05, 4.69) is 36.1 Å². The number of hydrogen-bond acceptors (Lipinski definition) is 3. The molecule has 2 saturated heterocycles. The zero-order chi connectivity index (χ0) is 17.9. The maximum atomic E-state index is 13.1. The average Bonchev–Trinajstić information content (AvgIpc) is 3.12. The zero-order valence-electron chi connectivity index (χ0n) is 15.7. The van der Waals surface area contributed by atoms with Crippen LogP contribution in [0.25, 0.3) is 10.2 Å². The van der Waals surface area contributed by atoms with Crippen molar-refractivity contribution in [1.82, 2.24) is 9.88 Å². The summed E-state index contributed by atoms with van der Waals surface area (Å²) in [6.45, 7) is 4.90. The Labute approximate surface area is 160 Å². The van der Waals surface area contributed by atoms with Gasteiger partial charge in [-0.1, -0.05) is 19.1 Å². The lowest BCUT2D eigenvalue weighted by atomic mass is 9.99. The van der Waals surface area contributed by atoms with E-state index in [9.17, 15) is 4.79 Å². The van der Waals surface area contributed by atoms with E-state index in [4.69, 9.17) is 4.98 Å². The Morgan fingerprint density at radius 2 is 2.08 bits per heavy atom. The van der Waals surface area contributed by atoms with Gasteiger partial charge < -0.3 is 9.80 Å². The van der Waals surface area contributed by atoms with Gasteiger partial charge in [0, 0.05) is 19.0 Å². The summed E-state index contributed by atoms with van der Waals surface area (Å²) in [7, 11) is 0. The number of amides is 1. The number of fused-ring (bicyclic) bond motifs is 1. The normalized spacial score (nSPS) is 27.0. The fourth-order valence-corrected chi connectivity index (χ4v) is 5.84. The highest BCUT2D eigenvalue weighted by molar-refractivity contribution is 7.18. The van der Waals surface area contributed by atoms with Crippen LogP contribution in [0.3, 0.4) is 0 Å². The molecule has 140 valence electrons. The molecule has 1 N–H and O–H groups in total. The number of likely N-dealkylation sites (tertiary alicyclic amines) is 2. The van der Waals surface area contributed by atoms with Gasteiger partial charge in [0.15, 0.2) is 11.6 Å². The maximum absolute atomic E-state index is 13.1. The highest BCUT2D eigenvalue weighted by atomic mass is 32.1. The molecule has 26 heavy (non-hydrogen) atoms. The molecular weight excluding hydrogens is 342 g/mol. The lowest BCUT2D eigenvalue weighted by Gasteiger charge is -2.37. The first-order valence-corrected chi connectivity index (χ1v) is 11.1. The summed E-state index contributed by atoms with van der Waals surface area (Å²) in [4.78, 5) is 21.6. The van der Waals surface area contributed by atoms with Crippen molar-refractivity contribution in [2.75, 3.05) is 19.6 Å². The molecule has 0 bridgehead atoms. The maximum Gasteiger partial charge on any atom is 0.278 e. The molecule has 4 rings (SSSR count). The van der Waals surface area contributed by atoms with Crippen molar-refractivity contribution < 1.29 is 9.69 Å². The number of benzene rings is 1. The number of para-hydroxylation sites is 1. The molecule has 5 heteroatoms. The second kappa shape index (κ2) is 8.05. The fraction of sp³-hybridized carbons (Fsp3) is 0.619. The van der Waals surface area contributed by atoms with E-state index in [-0.39, 0.29) is 0 Å². The van der Waals surface area contributed by atoms with Crippen LogP contribution in [0, 0.1) is 0 Å². The van der Waals surface area contributed by atoms with E-state index >= 15 is 0 Å². The number of nitrogens with zero attached hydrogens (tertiary/aromatic N) is 2. The second-order valence-corrected chi connectivity index (χ2v) is 8.86. The van der Waals surface area contributed by atoms with E-state index in [0.29, 0.717) is 24.5 Å². The Balaban J connectivity index is 1.51. The minimum atomic E-state index is 0.361. The van der Waals surface area contributed by atoms with Crippen molar-refractivity contribution in [1.29, 1.82) is 0 Å². The van der Waals surface area contributed by atoms with E-state index < -0.39 is 0 Å². The fourth-order valence-electron chi connectivity index (χ4n) is 4.68. The van der Waals surface area contributed by atoms with Gasteiger partial charge in [-0.05, 0) is 50.7 Å². The van der Waals surface area contributed by atoms with Crippen LogP contribution in [-0.2, 0) is 4.79 Å². The number of carbonyl (C=O) groups excluding carboxylic acids is 1. The summed E-state index contributed by atoms with van der Waals surface area (Å²) in [5, 5.41) is 1.22. The predicted molar refractivity (Wildman–Crippen MR) is 107 cm³/mol. The van der Waals surface area contributed by atoms with Crippen LogP contribution >= 0.6 is 11.3 Å². The lowest BCUT2D eigenvalue weighted by Crippen LogP contribution is -3.14. The van der Waals surface area contributed by atoms with Crippen molar-refractivity contribution in [2.24, 2.45) is 0 Å². The Bertz CT molecular complexity index is 726. The van der Waals surface area contributed by atoms with E-state index in [1.807, 2.05) is 11.3 Å². The molecule has 1 aromatic heterocycles. The predicted octanol–water partition coefficient (Wildman–Crippen LogP) is 3.20. The number of hydrogen-bond donors (Lipinski definition) is 1. The van der Waals surface area contributed by atoms with Crippen LogP contribution < -0.4 is 4.90 Å². The van der Waals surface area contributed by atoms with Crippen LogP contribution in [0.1, 0.15) is 62.9 Å². The SMILES string of the molecule is CC[C@@H]1CCCCN1C(=O)C[NH+]1CCCC[C@@H]1c1nc2ccccc2s1. The molecule has 2 aliphatic heterocycles. The molecule has 2 aromatic rings. The molecule has 4 nitrogen and oxygen atoms in total. The molecule has 1 aromatic carbocycles. The molecule has 0 spiro atoms. The van der Waals surface area contributed by atoms with Gasteiger partial charge in [0.2, 0.25) is 0 Å². The summed E-state index contributed by atoms with van der Waals surface area (Å²) < 4.78 is 1.26. The summed E-state index contributed by atoms with van der Waals surface area (Å²) >= 11 is 1.82. The summed E-state index contributed by atoms with van der Waals surface area (Å²) in [6.07, 6.45) is 8.33. The molecule has 3 atom stereocenters. The molecule has 2 aliphatic rings. The van der Waals surface area contributed by atoms with Crippen molar-refractivity contribution in [2.45, 2.75) is 64.0 Å². The Kier molecular flexibility index (Phi) is 5.55. The smallest absolute Gasteiger partial charge is 0.278 e. The number of thiazole rings is 1. The quantitative estimate of drug-likeness (QED) is 0.895. The first-order chi connectivity index (χ1) is 12.8. The second-order valence-electron chi connectivity index (χ2n) is 7.80. The number of piperidine rings is 2. The molecule has 0 aliphatic carbocycles. The Morgan fingerprint density at radius 3 is 2.92 bits per heavy atom. The number of quaternary nitrogens is 1. The van der Waals surface area contributed by atoms with Gasteiger partial charge in [-0.2, -0.15) is 0 Å². The topological polar surface area (TPSA) is 37.6 Å². The van der Waals surface area contributed by atoms with Crippen LogP contribution in [0.2, 0.25) is 0 Å². The van der Waals surface area contributed by atoms with Crippen molar-refractivity contribution in [3.05, 3.63) is 29.3 Å². The van der Waals surface area contributed by atoms with Gasteiger partial charge in [-0.15, -0.1) is 11.3 Å². The minimum absolute atomic E-state index is 0.361. The molecule has 1 unspecified atom stereocenters. The largest absolute Gasteiger partial charge is 0.335 e. The number of rotatable bonds is 4. The summed E-state index contributed by atoms with van der Waals surface area (Å²) in [5.74, 6) is 0.361. The van der Waals surface area contributed by atoms with Crippen LogP contribution in [0.5, 0.6) is 0 Å². The van der Waals surface area contributed by atoms with Gasteiger partial charge in [0.1, 0.15) is 6.04 Å². The zero-order valence-corrected chi connectivity index (χ0v) is 16.6. The van der Waals surface area contributed by atoms with Gasteiger partial charge >= 0.3 is 0 Å². The third-order valence-corrected chi connectivity index (χ3v) is 7.29. The highest BCUT2D eigenvalue weighted by Gasteiger charge is 2.34. The van der Waals surface area contributed by atoms with Crippen molar-refractivity contribution in [3.63, 3.8) is 0 Å². The first-order valence-electron chi connectivity index (χ1n) is 10.3. The molecule has 0 saturated carbocycles. The van der Waals surface area contributed by atoms with Gasteiger partial charge in [-0.3, -0.25) is 4.79 Å². The average molecular weight is 373 g/mol. The molecule has 0 radical (unpaired) electrons. The van der Waals surface area contributed by atoms with Crippen LogP contribution in [0.15, 0.2) is 24.3 Å². The standard InChI is InChI=1S/C21H29N3OS/c1-2-16-9-5-8-14-24(16)20(25)15-23-13-7-6-11-18(23)21-22-17-10-3-4-12-19(17)26-21/h3-4,10,12,16,18H,2,5-9,11,13-15H2,1H3/p+1/t16-,18-/m1/s1. The monoisotopic (exact) mass is 372 g/mol. The van der Waals surface area contributed by atoms with E-state index in [1.165, 1.54) is 46.7 Å². The van der Waals surface area contributed by atoms with Crippen molar-refractivity contribution in [3.8, 4) is 0 Å². The molecule has 1 amide bonds. The van der Waals surface area contributed by atoms with Crippen LogP contribution in [-0.4, -0.2) is 41.5 Å². The van der Waals surface area contributed by atoms with E-state index in [1.54, 1.807) is 0 Å². The number of carbonyl (C=O) groups is 1. The van der Waals surface area contributed by atoms with Gasteiger partial charge in [-0.25, -0.2) is 4.98 Å². The summed E-state index contributed by atoms with van der Waals surface area (Å²) in [6, 6.07) is 9.24. The summed E-state index contributed by atoms with van der Waals surface area (Å²) in [5.41, 5.74) is 1.10. The van der Waals surface area contributed by atoms with E-state index in [0.717, 1.165) is 31.4 Å². The number of nitrogens with one attached hydrogen (secondary N) is 1. The lowest BCUT2D eigenvalue weighted by molar-refractivity contribution is -0.929. The van der Waals surface area contributed by atoms with Crippen molar-refractivity contribution >= 4 is 27.5 Å². The third-order valence-electron chi connectivity index (χ3n) is 6.14. The van der Waals surface area contributed by atoms with Gasteiger partial charge in [0.05, 0.1) is 16.8 Å².